The fourth-order valence-electron chi connectivity index (χ4n) is 1.52. The lowest BCUT2D eigenvalue weighted by atomic mass is 9.90. The maximum Gasteiger partial charge on any atom is 0.162 e. The van der Waals surface area contributed by atoms with Gasteiger partial charge >= 0.3 is 0 Å². The van der Waals surface area contributed by atoms with Gasteiger partial charge in [-0.05, 0) is 11.0 Å². The molecule has 1 nitrogen and oxygen atoms in total. The van der Waals surface area contributed by atoms with Crippen LogP contribution in [0.3, 0.4) is 0 Å². The zero-order valence-electron chi connectivity index (χ0n) is 7.65. The molecule has 0 fully saturated rings. The molecule has 0 saturated carbocycles. The van der Waals surface area contributed by atoms with Crippen LogP contribution in [0.25, 0.3) is 0 Å². The van der Waals surface area contributed by atoms with Crippen molar-refractivity contribution in [3.05, 3.63) is 0 Å². The molecule has 0 bridgehead atoms. The minimum atomic E-state index is -0.827. The molecule has 0 heterocycles. The Kier molecular flexibility index (Phi) is 4.21. The second kappa shape index (κ2) is 4.14. The Balaban J connectivity index is 3.97. The van der Waals surface area contributed by atoms with Crippen LogP contribution in [-0.4, -0.2) is 14.6 Å². The van der Waals surface area contributed by atoms with Crippen molar-refractivity contribution in [3.8, 4) is 0 Å². The molecule has 0 aromatic heterocycles. The average molecular weight is 160 g/mol. The van der Waals surface area contributed by atoms with Crippen LogP contribution in [0.4, 0.5) is 0 Å². The summed E-state index contributed by atoms with van der Waals surface area (Å²) in [7, 11) is -0.827. The summed E-state index contributed by atoms with van der Waals surface area (Å²) in [5, 5.41) is 0.253. The first-order valence-electron chi connectivity index (χ1n) is 4.19. The molecular formula is C8H20OSi. The van der Waals surface area contributed by atoms with Gasteiger partial charge in [-0.15, -0.1) is 0 Å². The SMILES string of the molecule is CCC(CC)C(C)(C)[SiH2]O. The Hall–Kier alpha value is 0.177. The fourth-order valence-corrected chi connectivity index (χ4v) is 2.36. The molecule has 0 aromatic carbocycles. The Labute approximate surface area is 66.8 Å². The van der Waals surface area contributed by atoms with E-state index in [1.54, 1.807) is 0 Å². The number of hydrogen-bond acceptors (Lipinski definition) is 1. The molecule has 0 radical (unpaired) electrons. The van der Waals surface area contributed by atoms with E-state index in [2.05, 4.69) is 27.7 Å². The summed E-state index contributed by atoms with van der Waals surface area (Å²) in [4.78, 5) is 9.17. The van der Waals surface area contributed by atoms with Gasteiger partial charge < -0.3 is 4.80 Å². The van der Waals surface area contributed by atoms with Gasteiger partial charge in [-0.1, -0.05) is 40.5 Å². The van der Waals surface area contributed by atoms with E-state index in [0.717, 1.165) is 5.92 Å². The molecule has 0 rings (SSSR count). The van der Waals surface area contributed by atoms with Crippen molar-refractivity contribution in [1.29, 1.82) is 0 Å². The van der Waals surface area contributed by atoms with Crippen molar-refractivity contribution >= 4 is 9.76 Å². The molecule has 0 aromatic rings. The molecular weight excluding hydrogens is 140 g/mol. The molecule has 1 N–H and O–H groups in total. The summed E-state index contributed by atoms with van der Waals surface area (Å²) in [6.45, 7) is 8.80. The van der Waals surface area contributed by atoms with E-state index in [4.69, 9.17) is 4.80 Å². The predicted molar refractivity (Wildman–Crippen MR) is 48.9 cm³/mol. The zero-order valence-corrected chi connectivity index (χ0v) is 9.06. The Morgan fingerprint density at radius 1 is 1.30 bits per heavy atom. The smallest absolute Gasteiger partial charge is 0.162 e. The minimum Gasteiger partial charge on any atom is -0.438 e. The average Bonchev–Trinajstić information content (AvgIpc) is 1.90. The van der Waals surface area contributed by atoms with Crippen LogP contribution < -0.4 is 0 Å². The Morgan fingerprint density at radius 3 is 1.80 bits per heavy atom. The lowest BCUT2D eigenvalue weighted by molar-refractivity contribution is 0.350. The van der Waals surface area contributed by atoms with Gasteiger partial charge in [-0.2, -0.15) is 0 Å². The van der Waals surface area contributed by atoms with E-state index in [0.29, 0.717) is 0 Å². The summed E-state index contributed by atoms with van der Waals surface area (Å²) in [5.41, 5.74) is 0. The van der Waals surface area contributed by atoms with Gasteiger partial charge in [0, 0.05) is 0 Å². The highest BCUT2D eigenvalue weighted by Gasteiger charge is 2.25. The van der Waals surface area contributed by atoms with E-state index in [9.17, 15) is 0 Å². The first kappa shape index (κ1) is 10.2. The van der Waals surface area contributed by atoms with Gasteiger partial charge in [0.15, 0.2) is 9.76 Å². The summed E-state index contributed by atoms with van der Waals surface area (Å²) in [6, 6.07) is 0. The first-order valence-corrected chi connectivity index (χ1v) is 5.53. The third kappa shape index (κ3) is 2.43. The molecule has 62 valence electrons. The first-order chi connectivity index (χ1) is 4.58. The van der Waals surface area contributed by atoms with Crippen LogP contribution in [0.2, 0.25) is 5.04 Å². The highest BCUT2D eigenvalue weighted by Crippen LogP contribution is 2.36. The minimum absolute atomic E-state index is 0.253. The van der Waals surface area contributed by atoms with Crippen LogP contribution in [0.1, 0.15) is 40.5 Å². The van der Waals surface area contributed by atoms with E-state index in [-0.39, 0.29) is 5.04 Å². The molecule has 0 unspecified atom stereocenters. The molecule has 0 amide bonds. The van der Waals surface area contributed by atoms with Crippen LogP contribution in [0.15, 0.2) is 0 Å². The molecule has 2 heteroatoms. The van der Waals surface area contributed by atoms with Crippen molar-refractivity contribution in [2.45, 2.75) is 45.6 Å². The molecule has 0 aliphatic rings. The highest BCUT2D eigenvalue weighted by molar-refractivity contribution is 6.30. The van der Waals surface area contributed by atoms with Crippen LogP contribution in [0, 0.1) is 5.92 Å². The lowest BCUT2D eigenvalue weighted by Gasteiger charge is -2.30. The molecule has 0 aliphatic heterocycles. The van der Waals surface area contributed by atoms with E-state index in [1.807, 2.05) is 0 Å². The van der Waals surface area contributed by atoms with Crippen LogP contribution >= 0.6 is 0 Å². The van der Waals surface area contributed by atoms with Gasteiger partial charge in [-0.3, -0.25) is 0 Å². The van der Waals surface area contributed by atoms with Crippen molar-refractivity contribution in [3.63, 3.8) is 0 Å². The maximum atomic E-state index is 9.17. The van der Waals surface area contributed by atoms with Crippen molar-refractivity contribution in [1.82, 2.24) is 0 Å². The van der Waals surface area contributed by atoms with E-state index >= 15 is 0 Å². The van der Waals surface area contributed by atoms with Crippen molar-refractivity contribution in [2.24, 2.45) is 5.92 Å². The topological polar surface area (TPSA) is 20.2 Å². The Bertz CT molecular complexity index is 87.3. The third-order valence-corrected chi connectivity index (χ3v) is 3.89. The van der Waals surface area contributed by atoms with Gasteiger partial charge in [0.2, 0.25) is 0 Å². The molecule has 0 aliphatic carbocycles. The third-order valence-electron chi connectivity index (χ3n) is 2.50. The largest absolute Gasteiger partial charge is 0.438 e. The van der Waals surface area contributed by atoms with Crippen LogP contribution in [-0.2, 0) is 0 Å². The van der Waals surface area contributed by atoms with E-state index in [1.165, 1.54) is 12.8 Å². The molecule has 0 atom stereocenters. The number of hydrogen-bond donors (Lipinski definition) is 1. The van der Waals surface area contributed by atoms with Gasteiger partial charge in [0.25, 0.3) is 0 Å². The fraction of sp³-hybridized carbons (Fsp3) is 1.00. The summed E-state index contributed by atoms with van der Waals surface area (Å²) >= 11 is 0. The Morgan fingerprint density at radius 2 is 1.70 bits per heavy atom. The second-order valence-corrected chi connectivity index (χ2v) is 5.80. The monoisotopic (exact) mass is 160 g/mol. The van der Waals surface area contributed by atoms with E-state index < -0.39 is 9.76 Å². The standard InChI is InChI=1S/C8H20OSi/c1-5-7(6-2)8(3,4)10-9/h7,9H,5-6,10H2,1-4H3. The van der Waals surface area contributed by atoms with Crippen molar-refractivity contribution < 1.29 is 4.80 Å². The van der Waals surface area contributed by atoms with Gasteiger partial charge in [-0.25, -0.2) is 0 Å². The highest BCUT2D eigenvalue weighted by atomic mass is 28.2. The molecule has 0 spiro atoms. The molecule has 10 heavy (non-hydrogen) atoms. The maximum absolute atomic E-state index is 9.17. The quantitative estimate of drug-likeness (QED) is 0.621. The summed E-state index contributed by atoms with van der Waals surface area (Å²) in [5.74, 6) is 0.726. The van der Waals surface area contributed by atoms with Gasteiger partial charge in [0.1, 0.15) is 0 Å². The molecule has 0 saturated heterocycles. The lowest BCUT2D eigenvalue weighted by Crippen LogP contribution is -2.22. The predicted octanol–water partition coefficient (Wildman–Crippen LogP) is 1.70. The number of rotatable bonds is 4. The summed E-state index contributed by atoms with van der Waals surface area (Å²) in [6.07, 6.45) is 2.41. The second-order valence-electron chi connectivity index (χ2n) is 3.66. The zero-order chi connectivity index (χ0) is 8.20. The summed E-state index contributed by atoms with van der Waals surface area (Å²) < 4.78 is 0. The normalized spacial score (nSPS) is 13.8. The van der Waals surface area contributed by atoms with Crippen molar-refractivity contribution in [2.75, 3.05) is 0 Å². The van der Waals surface area contributed by atoms with Crippen LogP contribution in [0.5, 0.6) is 0 Å². The van der Waals surface area contributed by atoms with Gasteiger partial charge in [0.05, 0.1) is 0 Å².